The maximum Gasteiger partial charge on any atom is 0.164 e. The van der Waals surface area contributed by atoms with Crippen LogP contribution in [-0.4, -0.2) is 19.9 Å². The Labute approximate surface area is 315 Å². The molecule has 0 fully saturated rings. The molecule has 254 valence electrons. The normalized spacial score (nSPS) is 11.0. The molecule has 4 heteroatoms. The first kappa shape index (κ1) is 32.6. The number of hydrogen-bond acceptors (Lipinski definition) is 4. The fourth-order valence-electron chi connectivity index (χ4n) is 6.82. The van der Waals surface area contributed by atoms with Gasteiger partial charge in [-0.25, -0.2) is 15.0 Å². The molecule has 0 aliphatic heterocycles. The second kappa shape index (κ2) is 14.7. The second-order valence-electron chi connectivity index (χ2n) is 13.1. The van der Waals surface area contributed by atoms with Crippen LogP contribution in [0.15, 0.2) is 206 Å². The Morgan fingerprint density at radius 1 is 0.241 bits per heavy atom. The molecule has 0 N–H and O–H groups in total. The van der Waals surface area contributed by atoms with Crippen molar-refractivity contribution in [2.45, 2.75) is 0 Å². The molecule has 2 heterocycles. The minimum Gasteiger partial charge on any atom is -0.256 e. The molecule has 0 radical (unpaired) electrons. The third kappa shape index (κ3) is 6.84. The number of benzene rings is 7. The van der Waals surface area contributed by atoms with Gasteiger partial charge in [0.25, 0.3) is 0 Å². The maximum atomic E-state index is 5.10. The molecule has 0 saturated heterocycles. The lowest BCUT2D eigenvalue weighted by molar-refractivity contribution is 1.07. The van der Waals surface area contributed by atoms with Gasteiger partial charge in [-0.15, -0.1) is 0 Å². The van der Waals surface area contributed by atoms with Gasteiger partial charge in [0.05, 0.1) is 5.69 Å². The van der Waals surface area contributed by atoms with Gasteiger partial charge in [0, 0.05) is 34.0 Å². The van der Waals surface area contributed by atoms with Gasteiger partial charge in [0.15, 0.2) is 17.5 Å². The summed E-state index contributed by atoms with van der Waals surface area (Å²) in [6, 6.07) is 69.2. The molecule has 0 bridgehead atoms. The second-order valence-corrected chi connectivity index (χ2v) is 13.1. The van der Waals surface area contributed by atoms with Crippen LogP contribution in [0.5, 0.6) is 0 Å². The predicted molar refractivity (Wildman–Crippen MR) is 221 cm³/mol. The van der Waals surface area contributed by atoms with E-state index in [0.717, 1.165) is 61.3 Å². The zero-order valence-electron chi connectivity index (χ0n) is 29.4. The Morgan fingerprint density at radius 2 is 0.648 bits per heavy atom. The molecule has 0 spiro atoms. The Hall–Kier alpha value is -7.30. The smallest absolute Gasteiger partial charge is 0.164 e. The molecule has 2 aromatic heterocycles. The van der Waals surface area contributed by atoms with E-state index >= 15 is 0 Å². The van der Waals surface area contributed by atoms with Crippen molar-refractivity contribution in [2.24, 2.45) is 0 Å². The Bertz CT molecular complexity index is 2600. The Balaban J connectivity index is 1.24. The summed E-state index contributed by atoms with van der Waals surface area (Å²) in [6.07, 6.45) is 1.96. The van der Waals surface area contributed by atoms with Gasteiger partial charge >= 0.3 is 0 Å². The molecule has 0 unspecified atom stereocenters. The minimum absolute atomic E-state index is 0.601. The van der Waals surface area contributed by atoms with Crippen molar-refractivity contribution in [3.63, 3.8) is 0 Å². The number of hydrogen-bond donors (Lipinski definition) is 0. The van der Waals surface area contributed by atoms with E-state index in [1.807, 2.05) is 85.1 Å². The van der Waals surface area contributed by atoms with E-state index in [-0.39, 0.29) is 0 Å². The van der Waals surface area contributed by atoms with Crippen molar-refractivity contribution < 1.29 is 0 Å². The third-order valence-electron chi connectivity index (χ3n) is 9.58. The first-order chi connectivity index (χ1) is 26.7. The molecular weight excluding hydrogens is 657 g/mol. The Kier molecular flexibility index (Phi) is 8.90. The van der Waals surface area contributed by atoms with Gasteiger partial charge in [0.1, 0.15) is 0 Å². The predicted octanol–water partition coefficient (Wildman–Crippen LogP) is 12.6. The summed E-state index contributed by atoms with van der Waals surface area (Å²) in [5.74, 6) is 1.85. The lowest BCUT2D eigenvalue weighted by Gasteiger charge is -2.15. The van der Waals surface area contributed by atoms with Gasteiger partial charge in [-0.2, -0.15) is 0 Å². The highest BCUT2D eigenvalue weighted by Gasteiger charge is 2.16. The van der Waals surface area contributed by atoms with Crippen LogP contribution < -0.4 is 0 Å². The Morgan fingerprint density at radius 3 is 1.15 bits per heavy atom. The first-order valence-electron chi connectivity index (χ1n) is 18.0. The van der Waals surface area contributed by atoms with E-state index < -0.39 is 0 Å². The van der Waals surface area contributed by atoms with Gasteiger partial charge in [-0.3, -0.25) is 4.98 Å². The van der Waals surface area contributed by atoms with Crippen molar-refractivity contribution in [3.05, 3.63) is 206 Å². The number of pyridine rings is 1. The monoisotopic (exact) mass is 690 g/mol. The number of aromatic nitrogens is 4. The van der Waals surface area contributed by atoms with E-state index in [4.69, 9.17) is 19.9 Å². The van der Waals surface area contributed by atoms with Crippen molar-refractivity contribution in [1.29, 1.82) is 0 Å². The molecular formula is C50H34N4. The van der Waals surface area contributed by atoms with Crippen molar-refractivity contribution >= 4 is 0 Å². The summed E-state index contributed by atoms with van der Waals surface area (Å²) < 4.78 is 0. The zero-order valence-corrected chi connectivity index (χ0v) is 29.4. The topological polar surface area (TPSA) is 51.6 Å². The summed E-state index contributed by atoms with van der Waals surface area (Å²) in [4.78, 5) is 20.1. The van der Waals surface area contributed by atoms with E-state index in [0.29, 0.717) is 17.5 Å². The highest BCUT2D eigenvalue weighted by atomic mass is 15.0. The molecule has 9 aromatic rings. The number of nitrogens with zero attached hydrogens (tertiary/aromatic N) is 4. The van der Waals surface area contributed by atoms with Crippen molar-refractivity contribution in [1.82, 2.24) is 19.9 Å². The lowest BCUT2D eigenvalue weighted by atomic mass is 9.89. The quantitative estimate of drug-likeness (QED) is 0.159. The summed E-state index contributed by atoms with van der Waals surface area (Å²) in [5, 5.41) is 0. The zero-order chi connectivity index (χ0) is 36.1. The average molecular weight is 691 g/mol. The summed E-state index contributed by atoms with van der Waals surface area (Å²) in [7, 11) is 0. The maximum absolute atomic E-state index is 5.10. The SMILES string of the molecule is c1ccc(-c2ccc(-c3cc(-c4ccc(-c5ccccc5)c(-c5ccccc5)c4)cc(-c4nc(-c5ccccc5)nc(-c5ccccc5)n4)c3)cn2)cc1. The summed E-state index contributed by atoms with van der Waals surface area (Å²) in [5.41, 5.74) is 13.6. The van der Waals surface area contributed by atoms with Crippen LogP contribution in [-0.2, 0) is 0 Å². The molecule has 9 rings (SSSR count). The van der Waals surface area contributed by atoms with Crippen LogP contribution in [0.4, 0.5) is 0 Å². The molecule has 0 atom stereocenters. The lowest BCUT2D eigenvalue weighted by Crippen LogP contribution is -2.00. The highest BCUT2D eigenvalue weighted by Crippen LogP contribution is 2.39. The minimum atomic E-state index is 0.601. The van der Waals surface area contributed by atoms with Crippen LogP contribution >= 0.6 is 0 Å². The van der Waals surface area contributed by atoms with Crippen molar-refractivity contribution in [2.75, 3.05) is 0 Å². The van der Waals surface area contributed by atoms with Gasteiger partial charge in [-0.1, -0.05) is 170 Å². The standard InChI is InChI=1S/C50H34N4/c1-6-16-35(17-7-1)45-28-26-40(33-46(45)36-18-8-2-9-19-36)42-30-43(41-27-29-47(51-34-41)37-20-10-3-11-21-37)32-44(31-42)50-53-48(38-22-12-4-13-23-38)52-49(54-50)39-24-14-5-15-25-39/h1-34H. The van der Waals surface area contributed by atoms with Crippen LogP contribution in [0.3, 0.4) is 0 Å². The largest absolute Gasteiger partial charge is 0.256 e. The molecule has 0 aliphatic rings. The van der Waals surface area contributed by atoms with Crippen molar-refractivity contribution in [3.8, 4) is 89.9 Å². The van der Waals surface area contributed by atoms with E-state index in [9.17, 15) is 0 Å². The number of rotatable bonds is 8. The van der Waals surface area contributed by atoms with Gasteiger partial charge < -0.3 is 0 Å². The van der Waals surface area contributed by atoms with E-state index in [1.165, 1.54) is 11.1 Å². The molecule has 7 aromatic carbocycles. The molecule has 0 aliphatic carbocycles. The van der Waals surface area contributed by atoms with Gasteiger partial charge in [0.2, 0.25) is 0 Å². The molecule has 4 nitrogen and oxygen atoms in total. The summed E-state index contributed by atoms with van der Waals surface area (Å²) in [6.45, 7) is 0. The van der Waals surface area contributed by atoms with E-state index in [1.54, 1.807) is 0 Å². The van der Waals surface area contributed by atoms with Crippen LogP contribution in [0.1, 0.15) is 0 Å². The average Bonchev–Trinajstić information content (AvgIpc) is 3.27. The fourth-order valence-corrected chi connectivity index (χ4v) is 6.82. The summed E-state index contributed by atoms with van der Waals surface area (Å²) >= 11 is 0. The van der Waals surface area contributed by atoms with Crippen LogP contribution in [0.25, 0.3) is 89.9 Å². The third-order valence-corrected chi connectivity index (χ3v) is 9.58. The highest BCUT2D eigenvalue weighted by molar-refractivity contribution is 5.89. The van der Waals surface area contributed by atoms with Crippen LogP contribution in [0, 0.1) is 0 Å². The van der Waals surface area contributed by atoms with Crippen LogP contribution in [0.2, 0.25) is 0 Å². The first-order valence-corrected chi connectivity index (χ1v) is 18.0. The van der Waals surface area contributed by atoms with E-state index in [2.05, 4.69) is 121 Å². The molecule has 0 saturated carbocycles. The molecule has 54 heavy (non-hydrogen) atoms. The van der Waals surface area contributed by atoms with Gasteiger partial charge in [-0.05, 0) is 69.3 Å². The fraction of sp³-hybridized carbons (Fsp3) is 0. The molecule has 0 amide bonds.